The number of aryl methyl sites for hydroxylation is 2. The lowest BCUT2D eigenvalue weighted by Crippen LogP contribution is -2.27. The van der Waals surface area contributed by atoms with Crippen molar-refractivity contribution in [2.24, 2.45) is 7.05 Å². The average molecular weight is 329 g/mol. The number of aromatic nitrogens is 2. The first-order valence-electron chi connectivity index (χ1n) is 6.11. The summed E-state index contributed by atoms with van der Waals surface area (Å²) in [7, 11) is -2.07. The summed E-state index contributed by atoms with van der Waals surface area (Å²) in [6, 6.07) is 1.80. The Morgan fingerprint density at radius 1 is 1.52 bits per heavy atom. The minimum Gasteiger partial charge on any atom is -0.477 e. The Labute approximate surface area is 126 Å². The van der Waals surface area contributed by atoms with Crippen molar-refractivity contribution in [1.29, 1.82) is 0 Å². The zero-order valence-electron chi connectivity index (χ0n) is 11.5. The molecule has 0 atom stereocenters. The number of carboxylic acids is 1. The van der Waals surface area contributed by atoms with E-state index in [0.717, 1.165) is 17.0 Å². The summed E-state index contributed by atoms with van der Waals surface area (Å²) in [6.45, 7) is 1.76. The molecule has 0 saturated heterocycles. The fourth-order valence-electron chi connectivity index (χ4n) is 1.95. The number of nitrogens with one attached hydrogen (secondary N) is 1. The topological polar surface area (TPSA) is 101 Å². The molecule has 9 heteroatoms. The van der Waals surface area contributed by atoms with Crippen LogP contribution in [0.4, 0.5) is 0 Å². The van der Waals surface area contributed by atoms with Gasteiger partial charge in [-0.3, -0.25) is 4.68 Å². The van der Waals surface area contributed by atoms with E-state index in [2.05, 4.69) is 9.82 Å². The van der Waals surface area contributed by atoms with E-state index in [9.17, 15) is 13.2 Å². The fourth-order valence-corrected chi connectivity index (χ4v) is 4.61. The summed E-state index contributed by atoms with van der Waals surface area (Å²) in [5, 5.41) is 14.6. The Morgan fingerprint density at radius 2 is 2.24 bits per heavy atom. The van der Waals surface area contributed by atoms with Crippen molar-refractivity contribution in [2.45, 2.75) is 18.2 Å². The summed E-state index contributed by atoms with van der Waals surface area (Å²) >= 11 is 0.912. The molecule has 21 heavy (non-hydrogen) atoms. The molecule has 0 aliphatic carbocycles. The van der Waals surface area contributed by atoms with Crippen LogP contribution in [0.25, 0.3) is 0 Å². The lowest BCUT2D eigenvalue weighted by Gasteiger charge is -2.08. The minimum absolute atomic E-state index is 0.148. The predicted octanol–water partition coefficient (Wildman–Crippen LogP) is 1.01. The van der Waals surface area contributed by atoms with Crippen LogP contribution in [0.15, 0.2) is 22.5 Å². The number of rotatable bonds is 6. The normalized spacial score (nSPS) is 11.7. The van der Waals surface area contributed by atoms with E-state index in [4.69, 9.17) is 5.11 Å². The van der Waals surface area contributed by atoms with E-state index in [-0.39, 0.29) is 16.3 Å². The predicted molar refractivity (Wildman–Crippen MR) is 78.1 cm³/mol. The molecule has 7 nitrogen and oxygen atoms in total. The Kier molecular flexibility index (Phi) is 4.45. The van der Waals surface area contributed by atoms with Crippen LogP contribution < -0.4 is 4.72 Å². The summed E-state index contributed by atoms with van der Waals surface area (Å²) in [5.41, 5.74) is 1.32. The summed E-state index contributed by atoms with van der Waals surface area (Å²) in [4.78, 5) is 10.8. The van der Waals surface area contributed by atoms with E-state index in [1.807, 2.05) is 0 Å². The van der Waals surface area contributed by atoms with Gasteiger partial charge in [-0.15, -0.1) is 11.3 Å². The van der Waals surface area contributed by atoms with Crippen molar-refractivity contribution in [3.63, 3.8) is 0 Å². The molecule has 0 unspecified atom stereocenters. The molecule has 0 amide bonds. The first-order chi connectivity index (χ1) is 9.83. The molecule has 2 aromatic heterocycles. The highest BCUT2D eigenvalue weighted by Gasteiger charge is 2.26. The van der Waals surface area contributed by atoms with Crippen LogP contribution >= 0.6 is 11.3 Å². The van der Waals surface area contributed by atoms with Crippen molar-refractivity contribution in [1.82, 2.24) is 14.5 Å². The number of thiophene rings is 1. The number of carbonyl (C=O) groups is 1. The van der Waals surface area contributed by atoms with Crippen LogP contribution in [0.2, 0.25) is 0 Å². The third-order valence-corrected chi connectivity index (χ3v) is 5.84. The van der Waals surface area contributed by atoms with E-state index in [1.54, 1.807) is 30.9 Å². The smallest absolute Gasteiger partial charge is 0.347 e. The molecular formula is C12H15N3O4S2. The third-order valence-electron chi connectivity index (χ3n) is 2.98. The van der Waals surface area contributed by atoms with E-state index >= 15 is 0 Å². The van der Waals surface area contributed by atoms with Gasteiger partial charge in [0.05, 0.1) is 0 Å². The van der Waals surface area contributed by atoms with Gasteiger partial charge in [-0.1, -0.05) is 0 Å². The van der Waals surface area contributed by atoms with Crippen LogP contribution in [-0.2, 0) is 23.5 Å². The Bertz CT molecular complexity index is 761. The van der Waals surface area contributed by atoms with Crippen molar-refractivity contribution >= 4 is 27.3 Å². The molecule has 2 heterocycles. The third kappa shape index (κ3) is 3.31. The highest BCUT2D eigenvalue weighted by molar-refractivity contribution is 7.89. The highest BCUT2D eigenvalue weighted by atomic mass is 32.2. The second kappa shape index (κ2) is 5.96. The zero-order chi connectivity index (χ0) is 15.6. The molecule has 0 aliphatic heterocycles. The second-order valence-electron chi connectivity index (χ2n) is 4.48. The first kappa shape index (κ1) is 15.7. The van der Waals surface area contributed by atoms with Crippen LogP contribution in [0.5, 0.6) is 0 Å². The molecule has 0 aliphatic rings. The maximum Gasteiger partial charge on any atom is 0.347 e. The Hall–Kier alpha value is -1.71. The number of sulfonamides is 1. The number of nitrogens with zero attached hydrogens (tertiary/aromatic N) is 2. The molecular weight excluding hydrogens is 314 g/mol. The standard InChI is InChI=1S/C12H15N3O4S2/c1-8-7-20-10(12(16)17)11(8)21(18,19)14-6-4-9-3-5-13-15(9)2/h3,5,7,14H,4,6H2,1-2H3,(H,16,17). The molecule has 2 rings (SSSR count). The Balaban J connectivity index is 2.14. The maximum atomic E-state index is 12.3. The first-order valence-corrected chi connectivity index (χ1v) is 8.47. The van der Waals surface area contributed by atoms with Gasteiger partial charge in [0.1, 0.15) is 9.77 Å². The molecule has 0 fully saturated rings. The van der Waals surface area contributed by atoms with Gasteiger partial charge in [0, 0.05) is 31.9 Å². The summed E-state index contributed by atoms with van der Waals surface area (Å²) < 4.78 is 28.6. The molecule has 114 valence electrons. The van der Waals surface area contributed by atoms with Gasteiger partial charge < -0.3 is 5.11 Å². The Morgan fingerprint density at radius 3 is 2.81 bits per heavy atom. The van der Waals surface area contributed by atoms with Gasteiger partial charge in [-0.2, -0.15) is 5.10 Å². The van der Waals surface area contributed by atoms with Crippen molar-refractivity contribution in [3.8, 4) is 0 Å². The molecule has 0 aromatic carbocycles. The lowest BCUT2D eigenvalue weighted by molar-refractivity contribution is 0.0698. The monoisotopic (exact) mass is 329 g/mol. The van der Waals surface area contributed by atoms with Crippen LogP contribution in [0.3, 0.4) is 0 Å². The summed E-state index contributed by atoms with van der Waals surface area (Å²) in [5.74, 6) is -1.24. The number of aromatic carboxylic acids is 1. The van der Waals surface area contributed by atoms with E-state index < -0.39 is 16.0 Å². The van der Waals surface area contributed by atoms with Gasteiger partial charge in [0.25, 0.3) is 0 Å². The van der Waals surface area contributed by atoms with E-state index in [0.29, 0.717) is 12.0 Å². The van der Waals surface area contributed by atoms with Gasteiger partial charge in [-0.05, 0) is 23.9 Å². The molecule has 0 bridgehead atoms. The minimum atomic E-state index is -3.84. The second-order valence-corrected chi connectivity index (χ2v) is 7.06. The largest absolute Gasteiger partial charge is 0.477 e. The van der Waals surface area contributed by atoms with Crippen LogP contribution in [0.1, 0.15) is 20.9 Å². The van der Waals surface area contributed by atoms with Gasteiger partial charge in [-0.25, -0.2) is 17.9 Å². The van der Waals surface area contributed by atoms with Crippen molar-refractivity contribution in [3.05, 3.63) is 33.8 Å². The molecule has 2 aromatic rings. The van der Waals surface area contributed by atoms with Crippen molar-refractivity contribution in [2.75, 3.05) is 6.54 Å². The number of hydrogen-bond donors (Lipinski definition) is 2. The van der Waals surface area contributed by atoms with Crippen LogP contribution in [-0.4, -0.2) is 35.8 Å². The fraction of sp³-hybridized carbons (Fsp3) is 0.333. The quantitative estimate of drug-likeness (QED) is 0.823. The van der Waals surface area contributed by atoms with Crippen LogP contribution in [0, 0.1) is 6.92 Å². The lowest BCUT2D eigenvalue weighted by atomic mass is 10.3. The number of hydrogen-bond acceptors (Lipinski definition) is 5. The molecule has 0 spiro atoms. The van der Waals surface area contributed by atoms with Gasteiger partial charge in [0.15, 0.2) is 0 Å². The van der Waals surface area contributed by atoms with E-state index in [1.165, 1.54) is 5.38 Å². The van der Waals surface area contributed by atoms with Gasteiger partial charge in [0.2, 0.25) is 10.0 Å². The SMILES string of the molecule is Cc1csc(C(=O)O)c1S(=O)(=O)NCCc1ccnn1C. The average Bonchev–Trinajstić information content (AvgIpc) is 2.96. The molecule has 0 radical (unpaired) electrons. The summed E-state index contributed by atoms with van der Waals surface area (Å²) in [6.07, 6.45) is 2.11. The highest BCUT2D eigenvalue weighted by Crippen LogP contribution is 2.26. The van der Waals surface area contributed by atoms with Gasteiger partial charge >= 0.3 is 5.97 Å². The number of carboxylic acid groups (broad SMARTS) is 1. The maximum absolute atomic E-state index is 12.3. The molecule has 0 saturated carbocycles. The zero-order valence-corrected chi connectivity index (χ0v) is 13.2. The van der Waals surface area contributed by atoms with Crippen molar-refractivity contribution < 1.29 is 18.3 Å². The molecule has 2 N–H and O–H groups in total.